The smallest absolute Gasteiger partial charge is 0.146 e. The van der Waals surface area contributed by atoms with Gasteiger partial charge in [0.2, 0.25) is 0 Å². The van der Waals surface area contributed by atoms with Gasteiger partial charge in [-0.15, -0.1) is 0 Å². The van der Waals surface area contributed by atoms with Gasteiger partial charge < -0.3 is 5.32 Å². The molecule has 2 atom stereocenters. The van der Waals surface area contributed by atoms with Gasteiger partial charge in [0.05, 0.1) is 6.04 Å². The molecule has 0 amide bonds. The minimum absolute atomic E-state index is 0. The normalized spacial score (nSPS) is 26.7. The average Bonchev–Trinajstić information content (AvgIpc) is 2.40. The minimum Gasteiger partial charge on any atom is -0.305 e. The number of carbonyl (C=O) groups excluding carboxylic acids is 1. The van der Waals surface area contributed by atoms with Crippen molar-refractivity contribution in [2.75, 3.05) is 0 Å². The van der Waals surface area contributed by atoms with Crippen LogP contribution in [0.2, 0.25) is 0 Å². The molecule has 2 nitrogen and oxygen atoms in total. The number of hydrogen-bond donors (Lipinski definition) is 1. The lowest BCUT2D eigenvalue weighted by molar-refractivity contribution is -0.118. The van der Waals surface area contributed by atoms with Gasteiger partial charge in [0.15, 0.2) is 0 Å². The van der Waals surface area contributed by atoms with Crippen LogP contribution in [0.15, 0.2) is 0 Å². The Morgan fingerprint density at radius 2 is 1.92 bits per heavy atom. The fraction of sp³-hybridized carbons (Fsp3) is 0.900. The van der Waals surface area contributed by atoms with E-state index >= 15 is 0 Å². The summed E-state index contributed by atoms with van der Waals surface area (Å²) in [7, 11) is 0. The van der Waals surface area contributed by atoms with Crippen molar-refractivity contribution in [3.8, 4) is 0 Å². The van der Waals surface area contributed by atoms with Crippen molar-refractivity contribution in [1.82, 2.24) is 5.32 Å². The molecule has 0 saturated carbocycles. The molecule has 0 spiro atoms. The van der Waals surface area contributed by atoms with Crippen LogP contribution in [0.5, 0.6) is 0 Å². The number of carbonyl (C=O) groups is 1. The van der Waals surface area contributed by atoms with Crippen LogP contribution >= 0.6 is 0 Å². The van der Waals surface area contributed by atoms with E-state index in [1.54, 1.807) is 6.92 Å². The highest BCUT2D eigenvalue weighted by Crippen LogP contribution is 2.11. The molecule has 0 aromatic carbocycles. The van der Waals surface area contributed by atoms with E-state index in [0.717, 1.165) is 12.8 Å². The van der Waals surface area contributed by atoms with E-state index in [4.69, 9.17) is 0 Å². The Kier molecular flexibility index (Phi) is 8.61. The number of ketones is 1. The Bertz CT molecular complexity index is 128. The fourth-order valence-electron chi connectivity index (χ4n) is 1.25. The van der Waals surface area contributed by atoms with Crippen LogP contribution in [0.1, 0.15) is 49.4 Å². The van der Waals surface area contributed by atoms with Gasteiger partial charge in [0.1, 0.15) is 5.78 Å². The third-order valence-corrected chi connectivity index (χ3v) is 1.86. The maximum atomic E-state index is 10.7. The van der Waals surface area contributed by atoms with E-state index in [2.05, 4.69) is 12.2 Å². The second kappa shape index (κ2) is 7.29. The monoisotopic (exact) mass is 175 g/mol. The molecule has 1 saturated heterocycles. The molecule has 1 aliphatic rings. The zero-order chi connectivity index (χ0) is 8.85. The first-order valence-corrected chi connectivity index (χ1v) is 4.46. The van der Waals surface area contributed by atoms with Crippen LogP contribution in [0.3, 0.4) is 0 Å². The van der Waals surface area contributed by atoms with Gasteiger partial charge in [-0.3, -0.25) is 4.79 Å². The van der Waals surface area contributed by atoms with Crippen LogP contribution in [0, 0.1) is 0 Å². The van der Waals surface area contributed by atoms with Crippen LogP contribution in [-0.4, -0.2) is 17.9 Å². The molecule has 0 radical (unpaired) electrons. The molecule has 0 aromatic rings. The Morgan fingerprint density at radius 3 is 2.08 bits per heavy atom. The van der Waals surface area contributed by atoms with Crippen LogP contribution in [0.4, 0.5) is 0 Å². The number of rotatable bonds is 1. The van der Waals surface area contributed by atoms with Crippen molar-refractivity contribution < 1.29 is 6.22 Å². The molecule has 0 aliphatic carbocycles. The molecule has 76 valence electrons. The van der Waals surface area contributed by atoms with Crippen molar-refractivity contribution in [3.63, 3.8) is 0 Å². The standard InChI is InChI=1S/C7H13NO.C2H6.CH4.H2/c1-5-3-4-7(8-5)6(2)9;1-2;;/h5,7-8H,3-4H2,1-2H3;1-2H3;1H4;1H. The molecule has 0 aromatic heterocycles. The molecule has 2 unspecified atom stereocenters. The topological polar surface area (TPSA) is 29.1 Å². The molecule has 2 heteroatoms. The molecular weight excluding hydrogens is 150 g/mol. The predicted molar refractivity (Wildman–Crippen MR) is 56.5 cm³/mol. The Labute approximate surface area is 78.2 Å². The first-order valence-electron chi connectivity index (χ1n) is 4.46. The first kappa shape index (κ1) is 14.2. The van der Waals surface area contributed by atoms with E-state index in [9.17, 15) is 4.79 Å². The number of hydrogen-bond acceptors (Lipinski definition) is 2. The molecule has 12 heavy (non-hydrogen) atoms. The van der Waals surface area contributed by atoms with Gasteiger partial charge in [-0.05, 0) is 26.7 Å². The summed E-state index contributed by atoms with van der Waals surface area (Å²) in [5, 5.41) is 3.20. The van der Waals surface area contributed by atoms with Crippen molar-refractivity contribution in [3.05, 3.63) is 0 Å². The Balaban J connectivity index is -0.000000234. The van der Waals surface area contributed by atoms with Gasteiger partial charge in [0, 0.05) is 7.47 Å². The maximum Gasteiger partial charge on any atom is 0.146 e. The molecule has 1 N–H and O–H groups in total. The highest BCUT2D eigenvalue weighted by molar-refractivity contribution is 5.81. The van der Waals surface area contributed by atoms with E-state index in [-0.39, 0.29) is 20.7 Å². The van der Waals surface area contributed by atoms with Crippen LogP contribution < -0.4 is 5.32 Å². The van der Waals surface area contributed by atoms with Gasteiger partial charge in [-0.25, -0.2) is 0 Å². The summed E-state index contributed by atoms with van der Waals surface area (Å²) >= 11 is 0. The molecule has 1 rings (SSSR count). The van der Waals surface area contributed by atoms with E-state index < -0.39 is 0 Å². The lowest BCUT2D eigenvalue weighted by atomic mass is 10.1. The van der Waals surface area contributed by atoms with E-state index in [1.807, 2.05) is 13.8 Å². The molecule has 1 aliphatic heterocycles. The van der Waals surface area contributed by atoms with E-state index in [0.29, 0.717) is 6.04 Å². The lowest BCUT2D eigenvalue weighted by Crippen LogP contribution is -2.32. The predicted octanol–water partition coefficient (Wildman–Crippen LogP) is 2.62. The van der Waals surface area contributed by atoms with Gasteiger partial charge in [-0.1, -0.05) is 21.3 Å². The summed E-state index contributed by atoms with van der Waals surface area (Å²) in [4.78, 5) is 10.7. The Morgan fingerprint density at radius 1 is 1.42 bits per heavy atom. The van der Waals surface area contributed by atoms with Crippen molar-refractivity contribution in [2.24, 2.45) is 0 Å². The largest absolute Gasteiger partial charge is 0.305 e. The molecule has 0 bridgehead atoms. The Hall–Kier alpha value is -0.370. The summed E-state index contributed by atoms with van der Waals surface area (Å²) in [6.45, 7) is 7.76. The summed E-state index contributed by atoms with van der Waals surface area (Å²) in [6.07, 6.45) is 2.17. The fourth-order valence-corrected chi connectivity index (χ4v) is 1.25. The number of Topliss-reactive ketones (excluding diaryl/α,β-unsaturated/α-hetero) is 1. The summed E-state index contributed by atoms with van der Waals surface area (Å²) in [5.74, 6) is 0.277. The zero-order valence-corrected chi connectivity index (χ0v) is 7.98. The van der Waals surface area contributed by atoms with Crippen molar-refractivity contribution in [1.29, 1.82) is 0 Å². The van der Waals surface area contributed by atoms with Crippen LogP contribution in [-0.2, 0) is 4.79 Å². The molecular formula is C10H25NO. The summed E-state index contributed by atoms with van der Waals surface area (Å²) < 4.78 is 0. The summed E-state index contributed by atoms with van der Waals surface area (Å²) in [6, 6.07) is 0.693. The zero-order valence-electron chi connectivity index (χ0n) is 7.98. The molecule has 1 fully saturated rings. The third kappa shape index (κ3) is 4.50. The highest BCUT2D eigenvalue weighted by atomic mass is 16.1. The highest BCUT2D eigenvalue weighted by Gasteiger charge is 2.22. The quantitative estimate of drug-likeness (QED) is 0.663. The lowest BCUT2D eigenvalue weighted by Gasteiger charge is -2.05. The summed E-state index contributed by atoms with van der Waals surface area (Å²) in [5.41, 5.74) is 0. The first-order chi connectivity index (χ1) is 5.20. The number of nitrogens with one attached hydrogen (secondary N) is 1. The van der Waals surface area contributed by atoms with Gasteiger partial charge in [0.25, 0.3) is 0 Å². The van der Waals surface area contributed by atoms with Gasteiger partial charge in [-0.2, -0.15) is 0 Å². The van der Waals surface area contributed by atoms with Crippen molar-refractivity contribution >= 4 is 5.78 Å². The van der Waals surface area contributed by atoms with Crippen LogP contribution in [0.25, 0.3) is 0 Å². The second-order valence-corrected chi connectivity index (χ2v) is 2.81. The maximum absolute atomic E-state index is 10.7. The van der Waals surface area contributed by atoms with Crippen molar-refractivity contribution in [2.45, 2.75) is 60.0 Å². The third-order valence-electron chi connectivity index (χ3n) is 1.86. The molecule has 1 heterocycles. The average molecular weight is 175 g/mol. The SMILES string of the molecule is C.CC.CC(=O)C1CCC(C)N1.[HH]. The second-order valence-electron chi connectivity index (χ2n) is 2.81. The minimum atomic E-state index is 0. The van der Waals surface area contributed by atoms with Gasteiger partial charge >= 0.3 is 0 Å². The van der Waals surface area contributed by atoms with E-state index in [1.165, 1.54) is 0 Å².